The first-order valence-corrected chi connectivity index (χ1v) is 12.7. The number of allylic oxidation sites excluding steroid dienone is 2. The second-order valence-corrected chi connectivity index (χ2v) is 11.4. The second-order valence-electron chi connectivity index (χ2n) is 11.4. The van der Waals surface area contributed by atoms with Crippen LogP contribution >= 0.6 is 0 Å². The van der Waals surface area contributed by atoms with Crippen LogP contribution in [0.4, 0.5) is 4.79 Å². The maximum absolute atomic E-state index is 13.6. The molecule has 1 aromatic carbocycles. The molecule has 0 spiro atoms. The molecule has 2 bridgehead atoms. The van der Waals surface area contributed by atoms with E-state index in [0.717, 1.165) is 21.8 Å². The van der Waals surface area contributed by atoms with Gasteiger partial charge in [0.15, 0.2) is 0 Å². The highest BCUT2D eigenvalue weighted by atomic mass is 16.6. The summed E-state index contributed by atoms with van der Waals surface area (Å²) in [5.74, 6) is -3.79. The van der Waals surface area contributed by atoms with E-state index in [1.165, 1.54) is 0 Å². The average molecular weight is 512 g/mol. The number of likely N-dealkylation sites (tertiary alicyclic amines) is 2. The van der Waals surface area contributed by atoms with Gasteiger partial charge in [0.2, 0.25) is 17.5 Å². The van der Waals surface area contributed by atoms with E-state index < -0.39 is 53.0 Å². The van der Waals surface area contributed by atoms with Crippen molar-refractivity contribution in [1.82, 2.24) is 15.3 Å². The van der Waals surface area contributed by atoms with Gasteiger partial charge < -0.3 is 9.84 Å². The molecule has 1 aromatic rings. The number of imide groups is 1. The van der Waals surface area contributed by atoms with Gasteiger partial charge in [-0.05, 0) is 51.0 Å². The van der Waals surface area contributed by atoms with Crippen molar-refractivity contribution < 1.29 is 33.9 Å². The van der Waals surface area contributed by atoms with Crippen LogP contribution in [0, 0.1) is 23.7 Å². The molecule has 0 radical (unpaired) electrons. The lowest BCUT2D eigenvalue weighted by atomic mass is 9.85. The fourth-order valence-corrected chi connectivity index (χ4v) is 6.25. The van der Waals surface area contributed by atoms with Crippen molar-refractivity contribution in [3.8, 4) is 0 Å². The number of piperidine rings is 1. The van der Waals surface area contributed by atoms with Gasteiger partial charge in [0, 0.05) is 13.0 Å². The zero-order valence-electron chi connectivity index (χ0n) is 21.3. The van der Waals surface area contributed by atoms with Crippen LogP contribution in [0.15, 0.2) is 42.5 Å². The first kappa shape index (κ1) is 25.4. The average Bonchev–Trinajstić information content (AvgIpc) is 3.52. The lowest BCUT2D eigenvalue weighted by Gasteiger charge is -2.49. The van der Waals surface area contributed by atoms with E-state index in [0.29, 0.717) is 0 Å². The molecule has 3 fully saturated rings. The summed E-state index contributed by atoms with van der Waals surface area (Å²) in [7, 11) is 0. The van der Waals surface area contributed by atoms with Gasteiger partial charge in [0.05, 0.1) is 24.5 Å². The Morgan fingerprint density at radius 2 is 1.70 bits per heavy atom. The standard InChI is InChI=1S/C27H33N3O7/c1-26(2,3)37-25(35)29-14-19(28-36-15-16-7-5-4-6-8-16)11-12-27(29,24(33)34)30-22(31)20-17-9-10-18(13-17)21(20)23(30)32/h4-10,17-21,28H,11-15H2,1-3H3,(H,33,34)/t17?,18?,19-,20?,21?,27-/m1/s1. The van der Waals surface area contributed by atoms with Crippen LogP contribution in [-0.2, 0) is 30.6 Å². The Kier molecular flexibility index (Phi) is 6.35. The Morgan fingerprint density at radius 1 is 1.08 bits per heavy atom. The molecule has 2 aliphatic carbocycles. The van der Waals surface area contributed by atoms with Crippen LogP contribution in [0.3, 0.4) is 0 Å². The molecule has 198 valence electrons. The van der Waals surface area contributed by atoms with E-state index in [1.54, 1.807) is 20.8 Å². The smallest absolute Gasteiger partial charge is 0.412 e. The number of carbonyl (C=O) groups excluding carboxylic acids is 3. The first-order valence-electron chi connectivity index (χ1n) is 12.7. The quantitative estimate of drug-likeness (QED) is 0.339. The summed E-state index contributed by atoms with van der Waals surface area (Å²) >= 11 is 0. The van der Waals surface area contributed by atoms with Gasteiger partial charge in [0.25, 0.3) is 0 Å². The van der Waals surface area contributed by atoms with Crippen LogP contribution in [-0.4, -0.2) is 62.6 Å². The van der Waals surface area contributed by atoms with Gasteiger partial charge in [0.1, 0.15) is 5.60 Å². The number of hydrogen-bond donors (Lipinski definition) is 2. The number of amides is 3. The SMILES string of the molecule is CC(C)(C)OC(=O)N1C[C@H](NOCc2ccccc2)CC[C@]1(C(=O)O)N1C(=O)C2C3C=CC(C3)C2C1=O. The molecule has 2 heterocycles. The molecule has 2 aliphatic heterocycles. The van der Waals surface area contributed by atoms with Crippen molar-refractivity contribution >= 4 is 23.9 Å². The number of carboxylic acid groups (broad SMARTS) is 1. The van der Waals surface area contributed by atoms with E-state index >= 15 is 0 Å². The Labute approximate surface area is 215 Å². The third kappa shape index (κ3) is 4.31. The third-order valence-corrected chi connectivity index (χ3v) is 7.82. The van der Waals surface area contributed by atoms with E-state index in [1.807, 2.05) is 42.5 Å². The molecular weight excluding hydrogens is 478 g/mol. The summed E-state index contributed by atoms with van der Waals surface area (Å²) in [6.45, 7) is 5.19. The minimum atomic E-state index is -2.17. The Morgan fingerprint density at radius 3 is 2.27 bits per heavy atom. The topological polar surface area (TPSA) is 125 Å². The van der Waals surface area contributed by atoms with Gasteiger partial charge >= 0.3 is 12.1 Å². The van der Waals surface area contributed by atoms with Crippen molar-refractivity contribution in [1.29, 1.82) is 0 Å². The number of fused-ring (bicyclic) bond motifs is 5. The zero-order chi connectivity index (χ0) is 26.5. The largest absolute Gasteiger partial charge is 0.478 e. The fraction of sp³-hybridized carbons (Fsp3) is 0.556. The molecule has 4 unspecified atom stereocenters. The molecule has 10 nitrogen and oxygen atoms in total. The molecule has 5 rings (SSSR count). The van der Waals surface area contributed by atoms with Gasteiger partial charge in [-0.1, -0.05) is 42.5 Å². The second kappa shape index (κ2) is 9.25. The number of benzene rings is 1. The predicted molar refractivity (Wildman–Crippen MR) is 130 cm³/mol. The minimum absolute atomic E-state index is 0.0818. The highest BCUT2D eigenvalue weighted by molar-refractivity contribution is 6.10. The highest BCUT2D eigenvalue weighted by Gasteiger charge is 2.68. The molecular formula is C27H33N3O7. The summed E-state index contributed by atoms with van der Waals surface area (Å²) in [4.78, 5) is 61.3. The van der Waals surface area contributed by atoms with Gasteiger partial charge in [-0.15, -0.1) is 0 Å². The number of hydrogen-bond acceptors (Lipinski definition) is 7. The van der Waals surface area contributed by atoms with Gasteiger partial charge in [-0.25, -0.2) is 14.5 Å². The number of nitrogens with one attached hydrogen (secondary N) is 1. The molecule has 0 aromatic heterocycles. The highest BCUT2D eigenvalue weighted by Crippen LogP contribution is 2.54. The van der Waals surface area contributed by atoms with Crippen LogP contribution in [0.25, 0.3) is 0 Å². The van der Waals surface area contributed by atoms with E-state index in [2.05, 4.69) is 5.48 Å². The van der Waals surface area contributed by atoms with Crippen molar-refractivity contribution in [2.24, 2.45) is 23.7 Å². The molecule has 37 heavy (non-hydrogen) atoms. The van der Waals surface area contributed by atoms with Crippen molar-refractivity contribution in [3.63, 3.8) is 0 Å². The molecule has 2 saturated heterocycles. The van der Waals surface area contributed by atoms with Gasteiger partial charge in [-0.2, -0.15) is 5.48 Å². The maximum atomic E-state index is 13.6. The third-order valence-electron chi connectivity index (χ3n) is 7.82. The Hall–Kier alpha value is -3.24. The van der Waals surface area contributed by atoms with E-state index in [4.69, 9.17) is 9.57 Å². The zero-order valence-corrected chi connectivity index (χ0v) is 21.3. The maximum Gasteiger partial charge on any atom is 0.412 e. The lowest BCUT2D eigenvalue weighted by molar-refractivity contribution is -0.184. The van der Waals surface area contributed by atoms with Gasteiger partial charge in [-0.3, -0.25) is 19.3 Å². The number of aliphatic carboxylic acids is 1. The molecule has 2 N–H and O–H groups in total. The molecule has 6 atom stereocenters. The minimum Gasteiger partial charge on any atom is -0.478 e. The van der Waals surface area contributed by atoms with Crippen molar-refractivity contribution in [2.75, 3.05) is 6.54 Å². The number of ether oxygens (including phenoxy) is 1. The summed E-state index contributed by atoms with van der Waals surface area (Å²) in [5, 5.41) is 10.6. The Balaban J connectivity index is 1.42. The van der Waals surface area contributed by atoms with Crippen LogP contribution < -0.4 is 5.48 Å². The molecule has 1 saturated carbocycles. The number of nitrogens with zero attached hydrogens (tertiary/aromatic N) is 2. The summed E-state index contributed by atoms with van der Waals surface area (Å²) in [6.07, 6.45) is 3.84. The Bertz CT molecular complexity index is 1100. The van der Waals surface area contributed by atoms with Crippen LogP contribution in [0.5, 0.6) is 0 Å². The van der Waals surface area contributed by atoms with Crippen LogP contribution in [0.1, 0.15) is 45.6 Å². The first-order chi connectivity index (χ1) is 17.5. The van der Waals surface area contributed by atoms with E-state index in [-0.39, 0.29) is 37.8 Å². The molecule has 10 heteroatoms. The predicted octanol–water partition coefficient (Wildman–Crippen LogP) is 2.70. The van der Waals surface area contributed by atoms with Crippen LogP contribution in [0.2, 0.25) is 0 Å². The monoisotopic (exact) mass is 511 g/mol. The number of hydroxylamine groups is 1. The number of carbonyl (C=O) groups is 4. The number of carboxylic acids is 1. The summed E-state index contributed by atoms with van der Waals surface area (Å²) in [5.41, 5.74) is 0.792. The van der Waals surface area contributed by atoms with Crippen molar-refractivity contribution in [3.05, 3.63) is 48.0 Å². The van der Waals surface area contributed by atoms with Crippen molar-refractivity contribution in [2.45, 2.75) is 63.9 Å². The molecule has 4 aliphatic rings. The normalized spacial score (nSPS) is 32.7. The fourth-order valence-electron chi connectivity index (χ4n) is 6.25. The number of rotatable bonds is 6. The molecule has 3 amide bonds. The lowest BCUT2D eigenvalue weighted by Crippen LogP contribution is -2.73. The summed E-state index contributed by atoms with van der Waals surface area (Å²) in [6, 6.07) is 9.08. The summed E-state index contributed by atoms with van der Waals surface area (Å²) < 4.78 is 5.58. The van der Waals surface area contributed by atoms with E-state index in [9.17, 15) is 24.3 Å².